The number of alkyl halides is 3. The molecule has 0 saturated heterocycles. The molecule has 0 aliphatic rings. The molecule has 2 aromatic carbocycles. The van der Waals surface area contributed by atoms with E-state index in [1.54, 1.807) is 35.7 Å². The molecule has 2 heterocycles. The van der Waals surface area contributed by atoms with Crippen molar-refractivity contribution in [2.45, 2.75) is 11.1 Å². The van der Waals surface area contributed by atoms with Crippen LogP contribution >= 0.6 is 11.3 Å². The summed E-state index contributed by atoms with van der Waals surface area (Å²) in [6.45, 7) is 0. The molecular weight excluding hydrogens is 449 g/mol. The van der Waals surface area contributed by atoms with E-state index < -0.39 is 21.7 Å². The molecule has 0 aliphatic carbocycles. The van der Waals surface area contributed by atoms with E-state index >= 15 is 0 Å². The maximum absolute atomic E-state index is 13.3. The third-order valence-electron chi connectivity index (χ3n) is 4.56. The van der Waals surface area contributed by atoms with E-state index in [4.69, 9.17) is 0 Å². The monoisotopic (exact) mass is 464 g/mol. The number of hydrogen-bond donors (Lipinski definition) is 1. The Labute approximate surface area is 179 Å². The van der Waals surface area contributed by atoms with Crippen molar-refractivity contribution in [1.82, 2.24) is 9.78 Å². The van der Waals surface area contributed by atoms with Crippen molar-refractivity contribution in [3.05, 3.63) is 71.7 Å². The highest BCUT2D eigenvalue weighted by Crippen LogP contribution is 2.39. The molecule has 0 unspecified atom stereocenters. The number of sulfone groups is 1. The molecule has 0 aliphatic heterocycles. The highest BCUT2D eigenvalue weighted by Gasteiger charge is 2.35. The maximum atomic E-state index is 13.3. The van der Waals surface area contributed by atoms with Crippen LogP contribution in [-0.2, 0) is 16.0 Å². The number of aromatic nitrogens is 2. The summed E-state index contributed by atoms with van der Waals surface area (Å²) in [6.07, 6.45) is -3.55. The molecule has 10 heteroatoms. The lowest BCUT2D eigenvalue weighted by Crippen LogP contribution is -2.07. The molecule has 0 amide bonds. The molecule has 4 rings (SSSR count). The third kappa shape index (κ3) is 4.21. The Kier molecular flexibility index (Phi) is 5.14. The van der Waals surface area contributed by atoms with Gasteiger partial charge in [-0.2, -0.15) is 18.3 Å². The molecule has 4 aromatic rings. The summed E-state index contributed by atoms with van der Waals surface area (Å²) in [5.74, 6) is -0.210. The molecule has 0 fully saturated rings. The zero-order valence-corrected chi connectivity index (χ0v) is 17.6. The van der Waals surface area contributed by atoms with Gasteiger partial charge >= 0.3 is 6.18 Å². The lowest BCUT2D eigenvalue weighted by Gasteiger charge is -2.08. The van der Waals surface area contributed by atoms with Gasteiger partial charge in [0.05, 0.1) is 15.5 Å². The van der Waals surface area contributed by atoms with E-state index in [2.05, 4.69) is 5.10 Å². The Morgan fingerprint density at radius 1 is 1.00 bits per heavy atom. The fourth-order valence-electron chi connectivity index (χ4n) is 3.05. The Bertz CT molecular complexity index is 1370. The Hall–Kier alpha value is -3.11. The quantitative estimate of drug-likeness (QED) is 0.439. The topological polar surface area (TPSA) is 72.2 Å². The minimum absolute atomic E-state index is 0.113. The predicted molar refractivity (Wildman–Crippen MR) is 112 cm³/mol. The van der Waals surface area contributed by atoms with E-state index in [0.29, 0.717) is 16.0 Å². The van der Waals surface area contributed by atoms with E-state index in [9.17, 15) is 26.7 Å². The van der Waals surface area contributed by atoms with Gasteiger partial charge in [0.15, 0.2) is 15.5 Å². The average molecular weight is 464 g/mol. The summed E-state index contributed by atoms with van der Waals surface area (Å²) in [4.78, 5) is 0.627. The summed E-state index contributed by atoms with van der Waals surface area (Å²) in [5.41, 5.74) is 0.463. The zero-order valence-electron chi connectivity index (χ0n) is 16.0. The van der Waals surface area contributed by atoms with Gasteiger partial charge in [-0.1, -0.05) is 24.3 Å². The summed E-state index contributed by atoms with van der Waals surface area (Å²) in [6, 6.07) is 14.9. The molecule has 0 atom stereocenters. The number of phenols is 1. The average Bonchev–Trinajstić information content (AvgIpc) is 3.35. The molecule has 2 aromatic heterocycles. The van der Waals surface area contributed by atoms with Crippen LogP contribution < -0.4 is 0 Å². The van der Waals surface area contributed by atoms with E-state index in [0.717, 1.165) is 17.0 Å². The first-order valence-electron chi connectivity index (χ1n) is 8.89. The van der Waals surface area contributed by atoms with Crippen LogP contribution in [0.2, 0.25) is 0 Å². The maximum Gasteiger partial charge on any atom is 0.435 e. The second-order valence-corrected chi connectivity index (χ2v) is 9.74. The Morgan fingerprint density at radius 2 is 1.74 bits per heavy atom. The number of rotatable bonds is 4. The standard InChI is InChI=1S/C21H15F3N2O3S2/c1-31(28,29)15-6-4-5-13(9-15)14-10-19(30-12-14)17-11-20(21(22,23)24)25-26(17)16-7-2-3-8-18(16)27/h2-12,27H,1H3. The SMILES string of the molecule is CS(=O)(=O)c1cccc(-c2csc(-c3cc(C(F)(F)F)nn3-c3ccccc3O)c2)c1. The second-order valence-electron chi connectivity index (χ2n) is 6.81. The smallest absolute Gasteiger partial charge is 0.435 e. The van der Waals surface area contributed by atoms with Crippen LogP contribution in [0.1, 0.15) is 5.69 Å². The summed E-state index contributed by atoms with van der Waals surface area (Å²) in [7, 11) is -3.40. The number of phenolic OH excluding ortho intramolecular Hbond substituents is 1. The highest BCUT2D eigenvalue weighted by molar-refractivity contribution is 7.90. The first kappa shape index (κ1) is 21.1. The van der Waals surface area contributed by atoms with Gasteiger partial charge in [-0.3, -0.25) is 0 Å². The molecule has 0 bridgehead atoms. The van der Waals surface area contributed by atoms with E-state index in [1.165, 1.54) is 35.6 Å². The fraction of sp³-hybridized carbons (Fsp3) is 0.0952. The van der Waals surface area contributed by atoms with Crippen LogP contribution in [-0.4, -0.2) is 29.6 Å². The van der Waals surface area contributed by atoms with Crippen molar-refractivity contribution < 1.29 is 26.7 Å². The van der Waals surface area contributed by atoms with Gasteiger partial charge in [-0.25, -0.2) is 13.1 Å². The van der Waals surface area contributed by atoms with Gasteiger partial charge in [0.1, 0.15) is 11.4 Å². The third-order valence-corrected chi connectivity index (χ3v) is 6.62. The molecule has 0 radical (unpaired) electrons. The van der Waals surface area contributed by atoms with Crippen molar-refractivity contribution in [2.75, 3.05) is 6.26 Å². The van der Waals surface area contributed by atoms with E-state index in [1.807, 2.05) is 0 Å². The number of halogens is 3. The fourth-order valence-corrected chi connectivity index (χ4v) is 4.64. The molecule has 1 N–H and O–H groups in total. The molecule has 31 heavy (non-hydrogen) atoms. The van der Waals surface area contributed by atoms with E-state index in [-0.39, 0.29) is 22.0 Å². The largest absolute Gasteiger partial charge is 0.506 e. The lowest BCUT2D eigenvalue weighted by molar-refractivity contribution is -0.141. The lowest BCUT2D eigenvalue weighted by atomic mass is 10.1. The number of benzene rings is 2. The minimum Gasteiger partial charge on any atom is -0.506 e. The Balaban J connectivity index is 1.84. The highest BCUT2D eigenvalue weighted by atomic mass is 32.2. The minimum atomic E-state index is -4.66. The summed E-state index contributed by atoms with van der Waals surface area (Å²) >= 11 is 1.19. The molecule has 5 nitrogen and oxygen atoms in total. The predicted octanol–water partition coefficient (Wildman–Crippen LogP) is 5.40. The van der Waals surface area contributed by atoms with Gasteiger partial charge in [-0.15, -0.1) is 11.3 Å². The first-order valence-corrected chi connectivity index (χ1v) is 11.7. The van der Waals surface area contributed by atoms with Gasteiger partial charge in [0, 0.05) is 6.26 Å². The second kappa shape index (κ2) is 7.54. The number of para-hydroxylation sites is 2. The van der Waals surface area contributed by atoms with Crippen molar-refractivity contribution in [1.29, 1.82) is 0 Å². The van der Waals surface area contributed by atoms with Gasteiger partial charge in [-0.05, 0) is 52.9 Å². The zero-order chi connectivity index (χ0) is 22.4. The molecule has 0 spiro atoms. The molecule has 0 saturated carbocycles. The summed E-state index contributed by atoms with van der Waals surface area (Å²) < 4.78 is 64.8. The van der Waals surface area contributed by atoms with Crippen molar-refractivity contribution >= 4 is 21.2 Å². The van der Waals surface area contributed by atoms with Crippen LogP contribution in [0.15, 0.2) is 70.9 Å². The van der Waals surface area contributed by atoms with Crippen LogP contribution in [0.5, 0.6) is 5.75 Å². The van der Waals surface area contributed by atoms with Gasteiger partial charge < -0.3 is 5.11 Å². The van der Waals surface area contributed by atoms with Gasteiger partial charge in [0.25, 0.3) is 0 Å². The first-order chi connectivity index (χ1) is 14.5. The normalized spacial score (nSPS) is 12.3. The summed E-state index contributed by atoms with van der Waals surface area (Å²) in [5, 5.41) is 15.5. The molecule has 160 valence electrons. The van der Waals surface area contributed by atoms with Crippen molar-refractivity contribution in [2.24, 2.45) is 0 Å². The van der Waals surface area contributed by atoms with Crippen molar-refractivity contribution in [3.8, 4) is 33.1 Å². The van der Waals surface area contributed by atoms with Crippen LogP contribution in [0.3, 0.4) is 0 Å². The number of aromatic hydroxyl groups is 1. The van der Waals surface area contributed by atoms with Crippen LogP contribution in [0.25, 0.3) is 27.4 Å². The molecular formula is C21H15F3N2O3S2. The number of hydrogen-bond acceptors (Lipinski definition) is 5. The van der Waals surface area contributed by atoms with Crippen LogP contribution in [0.4, 0.5) is 13.2 Å². The van der Waals surface area contributed by atoms with Crippen molar-refractivity contribution in [3.63, 3.8) is 0 Å². The Morgan fingerprint density at radius 3 is 2.42 bits per heavy atom. The van der Waals surface area contributed by atoms with Crippen LogP contribution in [0, 0.1) is 0 Å². The number of thiophene rings is 1. The number of nitrogens with zero attached hydrogens (tertiary/aromatic N) is 2. The van der Waals surface area contributed by atoms with Gasteiger partial charge in [0.2, 0.25) is 0 Å².